The fraction of sp³-hybridized carbons (Fsp3) is 0.600. The smallest absolute Gasteiger partial charge is 0.330 e. The van der Waals surface area contributed by atoms with Crippen molar-refractivity contribution in [2.24, 2.45) is 5.92 Å². The Kier molecular flexibility index (Phi) is 6.59. The topological polar surface area (TPSA) is 58.6 Å². The van der Waals surface area contributed by atoms with Crippen LogP contribution >= 0.6 is 0 Å². The first-order valence-electron chi connectivity index (χ1n) is 9.14. The molecule has 0 aliphatic carbocycles. The summed E-state index contributed by atoms with van der Waals surface area (Å²) in [5.74, 6) is -0.348. The van der Waals surface area contributed by atoms with Crippen molar-refractivity contribution in [1.82, 2.24) is 5.32 Å². The van der Waals surface area contributed by atoms with Crippen molar-refractivity contribution in [1.29, 1.82) is 0 Å². The number of carbonyl (C=O) groups excluding carboxylic acids is 2. The van der Waals surface area contributed by atoms with Crippen LogP contribution in [0, 0.1) is 5.92 Å². The van der Waals surface area contributed by atoms with E-state index in [1.807, 2.05) is 58.0 Å². The van der Waals surface area contributed by atoms with E-state index in [1.165, 1.54) is 0 Å². The largest absolute Gasteiger partial charge is 0.458 e. The average Bonchev–Trinajstić information content (AvgIpc) is 2.58. The summed E-state index contributed by atoms with van der Waals surface area (Å²) in [5.41, 5.74) is 0.158. The van der Waals surface area contributed by atoms with Crippen LogP contribution in [-0.2, 0) is 14.3 Å². The van der Waals surface area contributed by atoms with Gasteiger partial charge in [0.1, 0.15) is 11.6 Å². The van der Waals surface area contributed by atoms with Crippen LogP contribution in [0.1, 0.15) is 47.0 Å². The van der Waals surface area contributed by atoms with Crippen LogP contribution in [0.4, 0.5) is 5.69 Å². The molecule has 1 amide bonds. The number of carbonyl (C=O) groups is 2. The van der Waals surface area contributed by atoms with Gasteiger partial charge in [-0.2, -0.15) is 0 Å². The quantitative estimate of drug-likeness (QED) is 0.832. The highest BCUT2D eigenvalue weighted by atomic mass is 16.6. The highest BCUT2D eigenvalue weighted by molar-refractivity contribution is 5.99. The molecule has 1 aromatic rings. The first kappa shape index (κ1) is 19.4. The minimum Gasteiger partial charge on any atom is -0.458 e. The van der Waals surface area contributed by atoms with E-state index in [0.717, 1.165) is 25.1 Å². The van der Waals surface area contributed by atoms with E-state index < -0.39 is 11.6 Å². The fourth-order valence-corrected chi connectivity index (χ4v) is 3.24. The molecule has 2 rings (SSSR count). The summed E-state index contributed by atoms with van der Waals surface area (Å²) >= 11 is 0. The van der Waals surface area contributed by atoms with Crippen molar-refractivity contribution in [3.8, 4) is 0 Å². The first-order valence-corrected chi connectivity index (χ1v) is 9.14. The van der Waals surface area contributed by atoms with Crippen LogP contribution in [0.3, 0.4) is 0 Å². The van der Waals surface area contributed by atoms with Crippen molar-refractivity contribution in [3.05, 3.63) is 30.3 Å². The average molecular weight is 346 g/mol. The number of nitrogens with one attached hydrogen (secondary N) is 1. The van der Waals surface area contributed by atoms with Crippen molar-refractivity contribution < 1.29 is 14.3 Å². The van der Waals surface area contributed by atoms with Crippen LogP contribution in [-0.4, -0.2) is 36.6 Å². The van der Waals surface area contributed by atoms with Gasteiger partial charge in [-0.25, -0.2) is 4.79 Å². The highest BCUT2D eigenvalue weighted by Crippen LogP contribution is 2.28. The molecule has 1 N–H and O–H groups in total. The minimum absolute atomic E-state index is 0.0410. The molecule has 1 aliphatic heterocycles. The van der Waals surface area contributed by atoms with Gasteiger partial charge < -0.3 is 10.1 Å². The van der Waals surface area contributed by atoms with E-state index in [0.29, 0.717) is 13.0 Å². The first-order chi connectivity index (χ1) is 11.8. The summed E-state index contributed by atoms with van der Waals surface area (Å²) in [6.45, 7) is 9.05. The summed E-state index contributed by atoms with van der Waals surface area (Å²) in [7, 11) is 0. The molecule has 138 valence electrons. The molecule has 1 heterocycles. The number of benzene rings is 1. The van der Waals surface area contributed by atoms with Crippen molar-refractivity contribution >= 4 is 17.6 Å². The zero-order chi connectivity index (χ0) is 18.4. The van der Waals surface area contributed by atoms with E-state index in [4.69, 9.17) is 4.74 Å². The summed E-state index contributed by atoms with van der Waals surface area (Å²) < 4.78 is 5.69. The third-order valence-corrected chi connectivity index (χ3v) is 4.31. The van der Waals surface area contributed by atoms with Gasteiger partial charge in [-0.3, -0.25) is 9.69 Å². The van der Waals surface area contributed by atoms with Gasteiger partial charge in [0, 0.05) is 24.6 Å². The van der Waals surface area contributed by atoms with Crippen molar-refractivity contribution in [2.45, 2.75) is 58.6 Å². The van der Waals surface area contributed by atoms with E-state index in [9.17, 15) is 9.59 Å². The predicted octanol–water partition coefficient (Wildman–Crippen LogP) is 3.14. The molecule has 0 radical (unpaired) electrons. The monoisotopic (exact) mass is 346 g/mol. The molecule has 5 heteroatoms. The number of ether oxygens (including phenoxy) is 1. The van der Waals surface area contributed by atoms with Crippen molar-refractivity contribution in [2.75, 3.05) is 18.0 Å². The summed E-state index contributed by atoms with van der Waals surface area (Å²) in [5, 5.41) is 3.35. The molecular weight excluding hydrogens is 316 g/mol. The third kappa shape index (κ3) is 5.30. The van der Waals surface area contributed by atoms with Crippen LogP contribution in [0.15, 0.2) is 30.3 Å². The van der Waals surface area contributed by atoms with E-state index in [-0.39, 0.29) is 17.8 Å². The molecule has 1 fully saturated rings. The predicted molar refractivity (Wildman–Crippen MR) is 99.4 cm³/mol. The van der Waals surface area contributed by atoms with Crippen LogP contribution in [0.5, 0.6) is 0 Å². The molecule has 0 aromatic heterocycles. The zero-order valence-electron chi connectivity index (χ0n) is 15.7. The van der Waals surface area contributed by atoms with Crippen LogP contribution in [0.25, 0.3) is 0 Å². The number of amides is 1. The Balaban J connectivity index is 2.41. The number of piperidine rings is 1. The van der Waals surface area contributed by atoms with Gasteiger partial charge in [-0.1, -0.05) is 25.1 Å². The number of hydrogen-bond acceptors (Lipinski definition) is 4. The molecular formula is C20H30N2O3. The highest BCUT2D eigenvalue weighted by Gasteiger charge is 2.40. The maximum absolute atomic E-state index is 13.0. The third-order valence-electron chi connectivity index (χ3n) is 4.31. The lowest BCUT2D eigenvalue weighted by Crippen LogP contribution is -2.54. The molecule has 2 atom stereocenters. The second-order valence-electron chi connectivity index (χ2n) is 7.54. The Labute approximate surface area is 150 Å². The SMILES string of the molecule is CCC(=O)N(c1ccccc1)C(C(=O)OC(C)(C)C)C1CCCNC1. The van der Waals surface area contributed by atoms with Gasteiger partial charge in [-0.05, 0) is 52.3 Å². The Morgan fingerprint density at radius 1 is 1.28 bits per heavy atom. The minimum atomic E-state index is -0.609. The number of anilines is 1. The lowest BCUT2D eigenvalue weighted by Gasteiger charge is -2.38. The van der Waals surface area contributed by atoms with Crippen molar-refractivity contribution in [3.63, 3.8) is 0 Å². The van der Waals surface area contributed by atoms with E-state index >= 15 is 0 Å². The summed E-state index contributed by atoms with van der Waals surface area (Å²) in [6, 6.07) is 8.82. The number of para-hydroxylation sites is 1. The number of esters is 1. The van der Waals surface area contributed by atoms with Gasteiger partial charge in [0.15, 0.2) is 0 Å². The Morgan fingerprint density at radius 2 is 1.96 bits per heavy atom. The molecule has 25 heavy (non-hydrogen) atoms. The summed E-state index contributed by atoms with van der Waals surface area (Å²) in [6.07, 6.45) is 2.23. The van der Waals surface area contributed by atoms with Gasteiger partial charge >= 0.3 is 5.97 Å². The second-order valence-corrected chi connectivity index (χ2v) is 7.54. The second kappa shape index (κ2) is 8.48. The Bertz CT molecular complexity index is 574. The normalized spacial score (nSPS) is 19.1. The van der Waals surface area contributed by atoms with Gasteiger partial charge in [-0.15, -0.1) is 0 Å². The molecule has 0 spiro atoms. The molecule has 1 saturated heterocycles. The number of hydrogen-bond donors (Lipinski definition) is 1. The summed E-state index contributed by atoms with van der Waals surface area (Å²) in [4.78, 5) is 27.5. The molecule has 1 aromatic carbocycles. The lowest BCUT2D eigenvalue weighted by molar-refractivity contribution is -0.159. The number of nitrogens with zero attached hydrogens (tertiary/aromatic N) is 1. The van der Waals surface area contributed by atoms with E-state index in [2.05, 4.69) is 5.32 Å². The lowest BCUT2D eigenvalue weighted by atomic mass is 9.89. The number of rotatable bonds is 5. The molecule has 0 saturated carbocycles. The van der Waals surface area contributed by atoms with Gasteiger partial charge in [0.05, 0.1) is 0 Å². The Morgan fingerprint density at radius 3 is 2.48 bits per heavy atom. The maximum atomic E-state index is 13.0. The van der Waals surface area contributed by atoms with Gasteiger partial charge in [0.25, 0.3) is 0 Å². The van der Waals surface area contributed by atoms with Crippen LogP contribution < -0.4 is 10.2 Å². The van der Waals surface area contributed by atoms with Gasteiger partial charge in [0.2, 0.25) is 5.91 Å². The standard InChI is InChI=1S/C20H30N2O3/c1-5-17(23)22(16-11-7-6-8-12-16)18(15-10-9-13-21-14-15)19(24)25-20(2,3)4/h6-8,11-12,15,18,21H,5,9-10,13-14H2,1-4H3. The van der Waals surface area contributed by atoms with Crippen LogP contribution in [0.2, 0.25) is 0 Å². The van der Waals surface area contributed by atoms with E-state index in [1.54, 1.807) is 4.90 Å². The Hall–Kier alpha value is -1.88. The maximum Gasteiger partial charge on any atom is 0.330 e. The fourth-order valence-electron chi connectivity index (χ4n) is 3.24. The molecule has 1 aliphatic rings. The molecule has 2 unspecified atom stereocenters. The zero-order valence-corrected chi connectivity index (χ0v) is 15.7. The molecule has 0 bridgehead atoms. The molecule has 5 nitrogen and oxygen atoms in total.